The molecule has 0 bridgehead atoms. The highest BCUT2D eigenvalue weighted by atomic mass is 32.1. The average Bonchev–Trinajstić information content (AvgIpc) is 3.46. The number of hydrogen-bond acceptors (Lipinski definition) is 4. The molecule has 2 aromatic rings. The lowest BCUT2D eigenvalue weighted by molar-refractivity contribution is 0.0857. The lowest BCUT2D eigenvalue weighted by atomic mass is 10.1. The van der Waals surface area contributed by atoms with Crippen LogP contribution in [0.2, 0.25) is 0 Å². The maximum Gasteiger partial charge on any atom is 0.251 e. The molecule has 1 aliphatic rings. The quantitative estimate of drug-likeness (QED) is 0.422. The summed E-state index contributed by atoms with van der Waals surface area (Å²) in [4.78, 5) is 19.8. The monoisotopic (exact) mass is 428 g/mol. The Labute approximate surface area is 183 Å². The number of carbonyl (C=O) groups excluding carboxylic acids is 1. The van der Waals surface area contributed by atoms with Crippen molar-refractivity contribution in [1.82, 2.24) is 16.0 Å². The molecule has 1 atom stereocenters. The zero-order valence-electron chi connectivity index (χ0n) is 17.9. The number of aliphatic imine (C=N–C) groups is 1. The zero-order chi connectivity index (χ0) is 21.2. The molecule has 0 spiro atoms. The highest BCUT2D eigenvalue weighted by Crippen LogP contribution is 2.16. The smallest absolute Gasteiger partial charge is 0.251 e. The predicted molar refractivity (Wildman–Crippen MR) is 123 cm³/mol. The number of guanidine groups is 1. The molecule has 0 saturated carbocycles. The lowest BCUT2D eigenvalue weighted by Gasteiger charge is -2.12. The number of benzene rings is 1. The zero-order valence-corrected chi connectivity index (χ0v) is 18.7. The van der Waals surface area contributed by atoms with Crippen molar-refractivity contribution in [2.75, 3.05) is 19.7 Å². The Hall–Kier alpha value is -2.38. The number of carbonyl (C=O) groups is 1. The van der Waals surface area contributed by atoms with Gasteiger partial charge in [0.05, 0.1) is 19.2 Å². The molecule has 30 heavy (non-hydrogen) atoms. The number of amides is 1. The van der Waals surface area contributed by atoms with Crippen LogP contribution in [0, 0.1) is 0 Å². The summed E-state index contributed by atoms with van der Waals surface area (Å²) >= 11 is 1.83. The second-order valence-corrected chi connectivity index (χ2v) is 8.57. The van der Waals surface area contributed by atoms with E-state index in [-0.39, 0.29) is 12.0 Å². The molecule has 162 valence electrons. The number of nitrogens with zero attached hydrogens (tertiary/aromatic N) is 1. The fourth-order valence-electron chi connectivity index (χ4n) is 3.32. The molecule has 1 aromatic heterocycles. The van der Waals surface area contributed by atoms with Gasteiger partial charge in [0.1, 0.15) is 0 Å². The Morgan fingerprint density at radius 1 is 1.17 bits per heavy atom. The molecule has 1 aromatic carbocycles. The van der Waals surface area contributed by atoms with Gasteiger partial charge in [0.25, 0.3) is 5.91 Å². The molecule has 1 fully saturated rings. The van der Waals surface area contributed by atoms with Crippen LogP contribution < -0.4 is 16.0 Å². The summed E-state index contributed by atoms with van der Waals surface area (Å²) in [6, 6.07) is 12.0. The lowest BCUT2D eigenvalue weighted by Crippen LogP contribution is -2.36. The summed E-state index contributed by atoms with van der Waals surface area (Å²) in [6.07, 6.45) is 3.30. The van der Waals surface area contributed by atoms with Crippen LogP contribution in [0.5, 0.6) is 0 Å². The molecule has 1 saturated heterocycles. The molecular weight excluding hydrogens is 396 g/mol. The van der Waals surface area contributed by atoms with Gasteiger partial charge < -0.3 is 20.7 Å². The van der Waals surface area contributed by atoms with Gasteiger partial charge in [-0.15, -0.1) is 11.3 Å². The van der Waals surface area contributed by atoms with Crippen molar-refractivity contribution in [3.8, 4) is 0 Å². The first-order chi connectivity index (χ1) is 14.7. The van der Waals surface area contributed by atoms with Crippen LogP contribution in [0.4, 0.5) is 0 Å². The van der Waals surface area contributed by atoms with Gasteiger partial charge in [-0.1, -0.05) is 19.1 Å². The first-order valence-electron chi connectivity index (χ1n) is 10.8. The van der Waals surface area contributed by atoms with Crippen molar-refractivity contribution in [3.63, 3.8) is 0 Å². The highest BCUT2D eigenvalue weighted by Gasteiger charge is 2.16. The van der Waals surface area contributed by atoms with Crippen LogP contribution in [0.1, 0.15) is 52.4 Å². The third-order valence-corrected chi connectivity index (χ3v) is 6.19. The number of ether oxygens (including phenoxy) is 1. The first kappa shape index (κ1) is 22.3. The topological polar surface area (TPSA) is 74.8 Å². The number of thiophene rings is 1. The Balaban J connectivity index is 1.55. The molecule has 1 aliphatic heterocycles. The van der Waals surface area contributed by atoms with Crippen molar-refractivity contribution >= 4 is 23.2 Å². The van der Waals surface area contributed by atoms with Gasteiger partial charge in [0.2, 0.25) is 0 Å². The molecule has 1 amide bonds. The Kier molecular flexibility index (Phi) is 8.71. The van der Waals surface area contributed by atoms with E-state index in [0.717, 1.165) is 50.5 Å². The van der Waals surface area contributed by atoms with E-state index < -0.39 is 0 Å². The third kappa shape index (κ3) is 6.85. The SMILES string of the molecule is CCNC(=NCc1cccc(C(=O)NCC2CCCO2)c1)NCc1ccc(CC)s1. The largest absolute Gasteiger partial charge is 0.376 e. The highest BCUT2D eigenvalue weighted by molar-refractivity contribution is 7.11. The Morgan fingerprint density at radius 3 is 2.77 bits per heavy atom. The van der Waals surface area contributed by atoms with Crippen LogP contribution >= 0.6 is 11.3 Å². The molecule has 2 heterocycles. The minimum atomic E-state index is -0.0641. The third-order valence-electron chi connectivity index (χ3n) is 4.96. The van der Waals surface area contributed by atoms with Gasteiger partial charge >= 0.3 is 0 Å². The molecule has 0 radical (unpaired) electrons. The second-order valence-electron chi connectivity index (χ2n) is 7.32. The minimum Gasteiger partial charge on any atom is -0.376 e. The van der Waals surface area contributed by atoms with E-state index in [4.69, 9.17) is 4.74 Å². The van der Waals surface area contributed by atoms with Crippen molar-refractivity contribution in [3.05, 3.63) is 57.3 Å². The van der Waals surface area contributed by atoms with E-state index in [1.54, 1.807) is 0 Å². The summed E-state index contributed by atoms with van der Waals surface area (Å²) in [7, 11) is 0. The van der Waals surface area contributed by atoms with Crippen molar-refractivity contribution in [2.24, 2.45) is 4.99 Å². The van der Waals surface area contributed by atoms with Crippen LogP contribution in [0.15, 0.2) is 41.4 Å². The summed E-state index contributed by atoms with van der Waals surface area (Å²) in [6.45, 7) is 7.64. The molecular formula is C23H32N4O2S. The van der Waals surface area contributed by atoms with Gasteiger partial charge in [-0.05, 0) is 56.0 Å². The standard InChI is InChI=1S/C23H32N4O2S/c1-3-20-10-11-21(30-20)16-27-23(24-4-2)26-14-17-7-5-8-18(13-17)22(28)25-15-19-9-6-12-29-19/h5,7-8,10-11,13,19H,3-4,6,9,12,14-16H2,1-2H3,(H,25,28)(H2,24,26,27). The van der Waals surface area contributed by atoms with Crippen molar-refractivity contribution < 1.29 is 9.53 Å². The normalized spacial score (nSPS) is 16.5. The van der Waals surface area contributed by atoms with E-state index in [9.17, 15) is 4.79 Å². The molecule has 3 rings (SSSR count). The second kappa shape index (κ2) is 11.7. The molecule has 3 N–H and O–H groups in total. The van der Waals surface area contributed by atoms with E-state index in [1.165, 1.54) is 9.75 Å². The van der Waals surface area contributed by atoms with Gasteiger partial charge in [-0.25, -0.2) is 4.99 Å². The number of aryl methyl sites for hydroxylation is 1. The summed E-state index contributed by atoms with van der Waals surface area (Å²) in [5.41, 5.74) is 1.66. The fraction of sp³-hybridized carbons (Fsp3) is 0.478. The maximum absolute atomic E-state index is 12.5. The van der Waals surface area contributed by atoms with Crippen LogP contribution in [-0.4, -0.2) is 37.7 Å². The van der Waals surface area contributed by atoms with Gasteiger partial charge in [-0.3, -0.25) is 4.79 Å². The molecule has 1 unspecified atom stereocenters. The maximum atomic E-state index is 12.5. The number of rotatable bonds is 9. The Morgan fingerprint density at radius 2 is 2.03 bits per heavy atom. The fourth-order valence-corrected chi connectivity index (χ4v) is 4.21. The molecule has 0 aliphatic carbocycles. The van der Waals surface area contributed by atoms with Gasteiger partial charge in [0.15, 0.2) is 5.96 Å². The number of nitrogens with one attached hydrogen (secondary N) is 3. The molecule has 7 heteroatoms. The summed E-state index contributed by atoms with van der Waals surface area (Å²) in [5.74, 6) is 0.711. The van der Waals surface area contributed by atoms with Crippen molar-refractivity contribution in [1.29, 1.82) is 0 Å². The van der Waals surface area contributed by atoms with Crippen LogP contribution in [0.25, 0.3) is 0 Å². The first-order valence-corrected chi connectivity index (χ1v) is 11.6. The van der Waals surface area contributed by atoms with Gasteiger partial charge in [-0.2, -0.15) is 0 Å². The van der Waals surface area contributed by atoms with E-state index in [0.29, 0.717) is 18.7 Å². The van der Waals surface area contributed by atoms with E-state index >= 15 is 0 Å². The predicted octanol–water partition coefficient (Wildman–Crippen LogP) is 3.47. The van der Waals surface area contributed by atoms with Crippen LogP contribution in [0.3, 0.4) is 0 Å². The molecule has 6 nitrogen and oxygen atoms in total. The average molecular weight is 429 g/mol. The Bertz CT molecular complexity index is 843. The minimum absolute atomic E-state index is 0.0641. The van der Waals surface area contributed by atoms with E-state index in [1.807, 2.05) is 35.6 Å². The van der Waals surface area contributed by atoms with E-state index in [2.05, 4.69) is 46.9 Å². The van der Waals surface area contributed by atoms with Crippen LogP contribution in [-0.2, 0) is 24.2 Å². The summed E-state index contributed by atoms with van der Waals surface area (Å²) < 4.78 is 5.57. The summed E-state index contributed by atoms with van der Waals surface area (Å²) in [5, 5.41) is 9.65. The van der Waals surface area contributed by atoms with Crippen molar-refractivity contribution in [2.45, 2.75) is 52.3 Å². The van der Waals surface area contributed by atoms with Gasteiger partial charge in [0, 0.05) is 35.0 Å². The number of hydrogen-bond donors (Lipinski definition) is 3.